The zero-order valence-corrected chi connectivity index (χ0v) is 12.5. The van der Waals surface area contributed by atoms with E-state index in [0.717, 1.165) is 12.8 Å². The minimum atomic E-state index is -1.10. The van der Waals surface area contributed by atoms with E-state index in [2.05, 4.69) is 33.9 Å². The van der Waals surface area contributed by atoms with Crippen LogP contribution in [0.1, 0.15) is 46.5 Å². The molecule has 1 atom stereocenters. The Morgan fingerprint density at radius 2 is 1.75 bits per heavy atom. The molecular formula is C13H26O2Si. The third-order valence-corrected chi connectivity index (χ3v) is 4.30. The molecule has 1 unspecified atom stereocenters. The molecule has 0 aromatic carbocycles. The van der Waals surface area contributed by atoms with Gasteiger partial charge in [-0.25, -0.2) is 0 Å². The van der Waals surface area contributed by atoms with E-state index in [1.165, 1.54) is 19.1 Å². The molecular weight excluding hydrogens is 216 g/mol. The lowest BCUT2D eigenvalue weighted by molar-refractivity contribution is -0.126. The summed E-state index contributed by atoms with van der Waals surface area (Å²) in [5, 5.41) is 0. The molecule has 0 saturated heterocycles. The summed E-state index contributed by atoms with van der Waals surface area (Å²) in [6.45, 7) is 11.0. The highest BCUT2D eigenvalue weighted by atomic mass is 28.3. The van der Waals surface area contributed by atoms with Crippen LogP contribution in [0.25, 0.3) is 0 Å². The standard InChI is InChI=1S/C13H26O2Si/c1-12(2,3)11(15-16(4)5)13(10-14)8-6-7-9-13/h10-11,16H,6-9H2,1-5H3. The summed E-state index contributed by atoms with van der Waals surface area (Å²) in [7, 11) is -1.10. The molecule has 0 N–H and O–H groups in total. The first-order chi connectivity index (χ1) is 7.32. The van der Waals surface area contributed by atoms with Gasteiger partial charge in [0.15, 0.2) is 9.04 Å². The third kappa shape index (κ3) is 2.95. The van der Waals surface area contributed by atoms with Crippen LogP contribution in [0.2, 0.25) is 13.1 Å². The predicted octanol–water partition coefficient (Wildman–Crippen LogP) is 3.16. The molecule has 1 fully saturated rings. The highest BCUT2D eigenvalue weighted by Gasteiger charge is 2.47. The Kier molecular flexibility index (Phi) is 4.35. The van der Waals surface area contributed by atoms with Gasteiger partial charge in [0.2, 0.25) is 0 Å². The molecule has 1 aliphatic carbocycles. The number of carbonyl (C=O) groups excluding carboxylic acids is 1. The third-order valence-electron chi connectivity index (χ3n) is 3.49. The zero-order chi connectivity index (χ0) is 12.4. The van der Waals surface area contributed by atoms with Gasteiger partial charge in [-0.05, 0) is 31.4 Å². The van der Waals surface area contributed by atoms with Crippen molar-refractivity contribution in [2.75, 3.05) is 0 Å². The van der Waals surface area contributed by atoms with E-state index >= 15 is 0 Å². The molecule has 0 heterocycles. The van der Waals surface area contributed by atoms with Crippen molar-refractivity contribution < 1.29 is 9.22 Å². The smallest absolute Gasteiger partial charge is 0.171 e. The van der Waals surface area contributed by atoms with E-state index in [1.807, 2.05) is 0 Å². The van der Waals surface area contributed by atoms with Gasteiger partial charge >= 0.3 is 0 Å². The second kappa shape index (κ2) is 5.01. The fourth-order valence-corrected chi connectivity index (χ4v) is 4.17. The largest absolute Gasteiger partial charge is 0.416 e. The van der Waals surface area contributed by atoms with Crippen molar-refractivity contribution >= 4 is 15.3 Å². The van der Waals surface area contributed by atoms with Crippen LogP contribution in [0.15, 0.2) is 0 Å². The summed E-state index contributed by atoms with van der Waals surface area (Å²) < 4.78 is 6.20. The first kappa shape index (κ1) is 13.9. The molecule has 0 spiro atoms. The summed E-state index contributed by atoms with van der Waals surface area (Å²) in [6, 6.07) is 0. The molecule has 0 bridgehead atoms. The van der Waals surface area contributed by atoms with Gasteiger partial charge in [0.05, 0.1) is 11.5 Å². The van der Waals surface area contributed by atoms with Gasteiger partial charge < -0.3 is 9.22 Å². The van der Waals surface area contributed by atoms with Gasteiger partial charge in [-0.15, -0.1) is 0 Å². The summed E-state index contributed by atoms with van der Waals surface area (Å²) in [5.41, 5.74) is -0.141. The van der Waals surface area contributed by atoms with Crippen molar-refractivity contribution in [3.05, 3.63) is 0 Å². The minimum absolute atomic E-state index is 0.0581. The molecule has 0 aliphatic heterocycles. The van der Waals surface area contributed by atoms with Crippen LogP contribution in [0.5, 0.6) is 0 Å². The van der Waals surface area contributed by atoms with Crippen molar-refractivity contribution in [3.63, 3.8) is 0 Å². The normalized spacial score (nSPS) is 22.4. The van der Waals surface area contributed by atoms with Crippen LogP contribution in [0, 0.1) is 10.8 Å². The molecule has 0 aromatic heterocycles. The van der Waals surface area contributed by atoms with Crippen molar-refractivity contribution in [1.82, 2.24) is 0 Å². The van der Waals surface area contributed by atoms with Crippen LogP contribution in [-0.4, -0.2) is 21.4 Å². The van der Waals surface area contributed by atoms with E-state index < -0.39 is 9.04 Å². The zero-order valence-electron chi connectivity index (χ0n) is 11.4. The van der Waals surface area contributed by atoms with Gasteiger partial charge in [-0.3, -0.25) is 0 Å². The maximum atomic E-state index is 11.5. The van der Waals surface area contributed by atoms with Crippen molar-refractivity contribution in [3.8, 4) is 0 Å². The average Bonchev–Trinajstić information content (AvgIpc) is 2.61. The maximum absolute atomic E-state index is 11.5. The first-order valence-corrected chi connectivity index (χ1v) is 9.22. The molecule has 0 radical (unpaired) electrons. The van der Waals surface area contributed by atoms with Crippen LogP contribution in [-0.2, 0) is 9.22 Å². The molecule has 0 aromatic rings. The number of hydrogen-bond donors (Lipinski definition) is 0. The SMILES string of the molecule is C[SiH](C)OC(C(C)(C)C)C1(C=O)CCCC1. The summed E-state index contributed by atoms with van der Waals surface area (Å²) >= 11 is 0. The van der Waals surface area contributed by atoms with E-state index in [-0.39, 0.29) is 16.9 Å². The van der Waals surface area contributed by atoms with E-state index in [0.29, 0.717) is 0 Å². The second-order valence-corrected chi connectivity index (χ2v) is 8.86. The van der Waals surface area contributed by atoms with Crippen molar-refractivity contribution in [1.29, 1.82) is 0 Å². The molecule has 1 aliphatic rings. The van der Waals surface area contributed by atoms with E-state index in [9.17, 15) is 4.79 Å². The van der Waals surface area contributed by atoms with Gasteiger partial charge in [0, 0.05) is 0 Å². The van der Waals surface area contributed by atoms with Crippen LogP contribution < -0.4 is 0 Å². The number of rotatable bonds is 4. The van der Waals surface area contributed by atoms with Gasteiger partial charge in [-0.1, -0.05) is 33.6 Å². The maximum Gasteiger partial charge on any atom is 0.171 e. The topological polar surface area (TPSA) is 26.3 Å². The highest BCUT2D eigenvalue weighted by Crippen LogP contribution is 2.46. The Balaban J connectivity index is 2.94. The molecule has 1 saturated carbocycles. The quantitative estimate of drug-likeness (QED) is 0.559. The predicted molar refractivity (Wildman–Crippen MR) is 70.2 cm³/mol. The fourth-order valence-electron chi connectivity index (χ4n) is 2.95. The summed E-state index contributed by atoms with van der Waals surface area (Å²) in [6.07, 6.45) is 5.67. The van der Waals surface area contributed by atoms with Crippen molar-refractivity contribution in [2.45, 2.75) is 65.7 Å². The fraction of sp³-hybridized carbons (Fsp3) is 0.923. The Morgan fingerprint density at radius 1 is 1.25 bits per heavy atom. The molecule has 1 rings (SSSR count). The van der Waals surface area contributed by atoms with Crippen LogP contribution in [0.3, 0.4) is 0 Å². The Bertz CT molecular complexity index is 237. The summed E-state index contributed by atoms with van der Waals surface area (Å²) in [4.78, 5) is 11.5. The number of carbonyl (C=O) groups is 1. The lowest BCUT2D eigenvalue weighted by Gasteiger charge is -2.42. The number of aldehydes is 1. The lowest BCUT2D eigenvalue weighted by atomic mass is 9.70. The Morgan fingerprint density at radius 3 is 2.06 bits per heavy atom. The van der Waals surface area contributed by atoms with Crippen LogP contribution >= 0.6 is 0 Å². The average molecular weight is 242 g/mol. The van der Waals surface area contributed by atoms with Gasteiger partial charge in [0.25, 0.3) is 0 Å². The Hall–Kier alpha value is -0.153. The number of hydrogen-bond acceptors (Lipinski definition) is 2. The molecule has 3 heteroatoms. The van der Waals surface area contributed by atoms with Crippen molar-refractivity contribution in [2.24, 2.45) is 10.8 Å². The van der Waals surface area contributed by atoms with E-state index in [1.54, 1.807) is 0 Å². The Labute approximate surface area is 101 Å². The highest BCUT2D eigenvalue weighted by molar-refractivity contribution is 6.48. The summed E-state index contributed by atoms with van der Waals surface area (Å²) in [5.74, 6) is 0. The lowest BCUT2D eigenvalue weighted by Crippen LogP contribution is -2.47. The first-order valence-electron chi connectivity index (χ1n) is 6.43. The van der Waals surface area contributed by atoms with Crippen LogP contribution in [0.4, 0.5) is 0 Å². The molecule has 2 nitrogen and oxygen atoms in total. The van der Waals surface area contributed by atoms with Gasteiger partial charge in [0.1, 0.15) is 6.29 Å². The molecule has 16 heavy (non-hydrogen) atoms. The monoisotopic (exact) mass is 242 g/mol. The molecule has 94 valence electrons. The molecule has 0 amide bonds. The minimum Gasteiger partial charge on any atom is -0.416 e. The second-order valence-electron chi connectivity index (χ2n) is 6.49. The van der Waals surface area contributed by atoms with Gasteiger partial charge in [-0.2, -0.15) is 0 Å². The van der Waals surface area contributed by atoms with E-state index in [4.69, 9.17) is 4.43 Å².